The number of benzene rings is 2. The van der Waals surface area contributed by atoms with Crippen molar-refractivity contribution in [2.75, 3.05) is 4.90 Å². The summed E-state index contributed by atoms with van der Waals surface area (Å²) in [5.41, 5.74) is 1.23. The van der Waals surface area contributed by atoms with Gasteiger partial charge in [-0.3, -0.25) is 14.5 Å². The Morgan fingerprint density at radius 2 is 1.74 bits per heavy atom. The lowest BCUT2D eigenvalue weighted by Crippen LogP contribution is -2.47. The fourth-order valence-electron chi connectivity index (χ4n) is 3.94. The molecular formula is C23H23FN4O2S. The highest BCUT2D eigenvalue weighted by atomic mass is 32.1. The number of carbonyl (C=O) groups excluding carboxylic acids is 2. The van der Waals surface area contributed by atoms with Crippen molar-refractivity contribution in [3.8, 4) is 0 Å². The first-order chi connectivity index (χ1) is 15.1. The molecule has 4 rings (SSSR count). The highest BCUT2D eigenvalue weighted by Crippen LogP contribution is 2.30. The Morgan fingerprint density at radius 1 is 1.03 bits per heavy atom. The van der Waals surface area contributed by atoms with Crippen LogP contribution in [0.4, 0.5) is 10.1 Å². The summed E-state index contributed by atoms with van der Waals surface area (Å²) >= 11 is 1.07. The van der Waals surface area contributed by atoms with Gasteiger partial charge in [0.1, 0.15) is 11.9 Å². The standard InChI is InChI=1S/C23H23FN4O2S/c24-17-13-11-16(12-14-17)21(22(29)25-18-7-3-1-4-8-18)28(19-9-5-2-6-10-19)23(30)20-15-31-27-26-20/h2,5-6,9-15,18,21H,1,3-4,7-8H2,(H,25,29). The molecule has 6 nitrogen and oxygen atoms in total. The summed E-state index contributed by atoms with van der Waals surface area (Å²) in [4.78, 5) is 28.4. The molecule has 31 heavy (non-hydrogen) atoms. The Morgan fingerprint density at radius 3 is 2.39 bits per heavy atom. The summed E-state index contributed by atoms with van der Waals surface area (Å²) < 4.78 is 17.4. The molecule has 0 radical (unpaired) electrons. The maximum Gasteiger partial charge on any atom is 0.280 e. The van der Waals surface area contributed by atoms with Gasteiger partial charge < -0.3 is 5.32 Å². The molecule has 1 atom stereocenters. The topological polar surface area (TPSA) is 75.2 Å². The smallest absolute Gasteiger partial charge is 0.280 e. The van der Waals surface area contributed by atoms with Crippen LogP contribution in [-0.2, 0) is 4.79 Å². The normalized spacial score (nSPS) is 15.3. The van der Waals surface area contributed by atoms with Crippen LogP contribution >= 0.6 is 11.5 Å². The van der Waals surface area contributed by atoms with E-state index in [1.165, 1.54) is 23.5 Å². The molecule has 2 aromatic carbocycles. The first kappa shape index (κ1) is 21.1. The van der Waals surface area contributed by atoms with Crippen LogP contribution in [0, 0.1) is 5.82 Å². The van der Waals surface area contributed by atoms with E-state index in [9.17, 15) is 14.0 Å². The Bertz CT molecular complexity index is 1010. The van der Waals surface area contributed by atoms with Gasteiger partial charge in [0.25, 0.3) is 5.91 Å². The maximum absolute atomic E-state index is 13.6. The van der Waals surface area contributed by atoms with Crippen LogP contribution in [0.1, 0.15) is 54.2 Å². The van der Waals surface area contributed by atoms with Crippen LogP contribution in [0.3, 0.4) is 0 Å². The molecule has 1 aliphatic carbocycles. The highest BCUT2D eigenvalue weighted by molar-refractivity contribution is 7.03. The lowest BCUT2D eigenvalue weighted by Gasteiger charge is -2.33. The molecule has 2 amide bonds. The van der Waals surface area contributed by atoms with E-state index >= 15 is 0 Å². The maximum atomic E-state index is 13.6. The van der Waals surface area contributed by atoms with Gasteiger partial charge in [-0.15, -0.1) is 5.10 Å². The SMILES string of the molecule is O=C(NC1CCCCC1)C(c1ccc(F)cc1)N(C(=O)c1csnn1)c1ccccc1. The Kier molecular flexibility index (Phi) is 6.66. The minimum Gasteiger partial charge on any atom is -0.351 e. The summed E-state index contributed by atoms with van der Waals surface area (Å²) in [6.45, 7) is 0. The number of halogens is 1. The highest BCUT2D eigenvalue weighted by Gasteiger charge is 2.35. The minimum atomic E-state index is -0.973. The molecule has 8 heteroatoms. The van der Waals surface area contributed by atoms with Gasteiger partial charge >= 0.3 is 0 Å². The lowest BCUT2D eigenvalue weighted by atomic mass is 9.94. The summed E-state index contributed by atoms with van der Waals surface area (Å²) in [7, 11) is 0. The molecule has 0 saturated heterocycles. The van der Waals surface area contributed by atoms with Crippen LogP contribution in [0.25, 0.3) is 0 Å². The van der Waals surface area contributed by atoms with E-state index in [1.54, 1.807) is 41.8 Å². The average Bonchev–Trinajstić information content (AvgIpc) is 3.34. The zero-order valence-corrected chi connectivity index (χ0v) is 17.7. The van der Waals surface area contributed by atoms with Gasteiger partial charge in [-0.2, -0.15) is 0 Å². The van der Waals surface area contributed by atoms with Crippen molar-refractivity contribution in [3.63, 3.8) is 0 Å². The molecule has 1 fully saturated rings. The van der Waals surface area contributed by atoms with Crippen molar-refractivity contribution in [1.82, 2.24) is 14.9 Å². The second-order valence-electron chi connectivity index (χ2n) is 7.60. The predicted octanol–water partition coefficient (Wildman–Crippen LogP) is 4.51. The minimum absolute atomic E-state index is 0.0675. The van der Waals surface area contributed by atoms with Gasteiger partial charge in [0, 0.05) is 17.1 Å². The number of amides is 2. The van der Waals surface area contributed by atoms with Gasteiger partial charge in [-0.05, 0) is 54.2 Å². The molecule has 1 aliphatic rings. The lowest BCUT2D eigenvalue weighted by molar-refractivity contribution is -0.123. The third-order valence-electron chi connectivity index (χ3n) is 5.48. The number of rotatable bonds is 6. The summed E-state index contributed by atoms with van der Waals surface area (Å²) in [6, 6.07) is 13.8. The molecule has 1 aromatic heterocycles. The van der Waals surface area contributed by atoms with Crippen LogP contribution in [0.5, 0.6) is 0 Å². The molecule has 0 spiro atoms. The number of carbonyl (C=O) groups is 2. The van der Waals surface area contributed by atoms with E-state index in [-0.39, 0.29) is 17.6 Å². The molecule has 1 N–H and O–H groups in total. The predicted molar refractivity (Wildman–Crippen MR) is 117 cm³/mol. The largest absolute Gasteiger partial charge is 0.351 e. The molecular weight excluding hydrogens is 415 g/mol. The molecule has 0 bridgehead atoms. The van der Waals surface area contributed by atoms with Gasteiger partial charge in [-0.1, -0.05) is 54.1 Å². The Balaban J connectivity index is 1.76. The number of hydrogen-bond donors (Lipinski definition) is 1. The van der Waals surface area contributed by atoms with Gasteiger partial charge in [-0.25, -0.2) is 4.39 Å². The molecule has 0 aliphatic heterocycles. The molecule has 3 aromatic rings. The van der Waals surface area contributed by atoms with Crippen LogP contribution in [-0.4, -0.2) is 27.4 Å². The Labute approximate surface area is 184 Å². The third-order valence-corrected chi connectivity index (χ3v) is 5.98. The summed E-state index contributed by atoms with van der Waals surface area (Å²) in [5, 5.41) is 8.59. The van der Waals surface area contributed by atoms with Crippen LogP contribution in [0.2, 0.25) is 0 Å². The monoisotopic (exact) mass is 438 g/mol. The van der Waals surface area contributed by atoms with Gasteiger partial charge in [0.2, 0.25) is 5.91 Å². The van der Waals surface area contributed by atoms with Crippen molar-refractivity contribution in [2.24, 2.45) is 0 Å². The van der Waals surface area contributed by atoms with E-state index < -0.39 is 17.8 Å². The van der Waals surface area contributed by atoms with Crippen molar-refractivity contribution in [3.05, 3.63) is 77.1 Å². The van der Waals surface area contributed by atoms with Crippen LogP contribution in [0.15, 0.2) is 60.0 Å². The van der Waals surface area contributed by atoms with Crippen molar-refractivity contribution >= 4 is 29.0 Å². The number of para-hydroxylation sites is 1. The van der Waals surface area contributed by atoms with E-state index in [1.807, 2.05) is 6.07 Å². The van der Waals surface area contributed by atoms with Gasteiger partial charge in [0.05, 0.1) is 0 Å². The number of anilines is 1. The van der Waals surface area contributed by atoms with E-state index in [4.69, 9.17) is 0 Å². The summed E-state index contributed by atoms with van der Waals surface area (Å²) in [6.07, 6.45) is 5.13. The van der Waals surface area contributed by atoms with E-state index in [2.05, 4.69) is 14.9 Å². The number of hydrogen-bond acceptors (Lipinski definition) is 5. The molecule has 1 heterocycles. The number of nitrogens with zero attached hydrogens (tertiary/aromatic N) is 3. The van der Waals surface area contributed by atoms with Crippen molar-refractivity contribution in [2.45, 2.75) is 44.2 Å². The fraction of sp³-hybridized carbons (Fsp3) is 0.304. The number of aromatic nitrogens is 2. The van der Waals surface area contributed by atoms with E-state index in [0.717, 1.165) is 37.2 Å². The van der Waals surface area contributed by atoms with Gasteiger partial charge in [0.15, 0.2) is 5.69 Å². The average molecular weight is 439 g/mol. The zero-order chi connectivity index (χ0) is 21.6. The van der Waals surface area contributed by atoms with Crippen molar-refractivity contribution in [1.29, 1.82) is 0 Å². The number of nitrogens with one attached hydrogen (secondary N) is 1. The first-order valence-electron chi connectivity index (χ1n) is 10.3. The van der Waals surface area contributed by atoms with E-state index in [0.29, 0.717) is 11.3 Å². The fourth-order valence-corrected chi connectivity index (χ4v) is 4.37. The Hall–Kier alpha value is -3.13. The molecule has 160 valence electrons. The molecule has 1 saturated carbocycles. The summed E-state index contributed by atoms with van der Waals surface area (Å²) in [5.74, 6) is -1.14. The molecule has 1 unspecified atom stereocenters. The third kappa shape index (κ3) is 4.96. The second kappa shape index (κ2) is 9.78. The quantitative estimate of drug-likeness (QED) is 0.614. The second-order valence-corrected chi connectivity index (χ2v) is 8.21. The van der Waals surface area contributed by atoms with Crippen molar-refractivity contribution < 1.29 is 14.0 Å². The zero-order valence-electron chi connectivity index (χ0n) is 16.9. The van der Waals surface area contributed by atoms with Crippen LogP contribution < -0.4 is 10.2 Å². The first-order valence-corrected chi connectivity index (χ1v) is 11.2.